The lowest BCUT2D eigenvalue weighted by atomic mass is 9.81. The van der Waals surface area contributed by atoms with Crippen LogP contribution in [0.15, 0.2) is 36.5 Å². The first-order chi connectivity index (χ1) is 15.5. The van der Waals surface area contributed by atoms with Gasteiger partial charge >= 0.3 is 5.97 Å². The lowest BCUT2D eigenvalue weighted by Gasteiger charge is -2.37. The summed E-state index contributed by atoms with van der Waals surface area (Å²) >= 11 is 0. The number of Topliss-reactive ketones (excluding diaryl/α,β-unsaturated/α-hetero) is 1. The van der Waals surface area contributed by atoms with Crippen LogP contribution in [0.4, 0.5) is 4.39 Å². The summed E-state index contributed by atoms with van der Waals surface area (Å²) in [4.78, 5) is 29.3. The van der Waals surface area contributed by atoms with E-state index >= 15 is 0 Å². The minimum atomic E-state index is -0.760. The highest BCUT2D eigenvalue weighted by molar-refractivity contribution is 5.99. The molecule has 0 radical (unpaired) electrons. The molecule has 0 unspecified atom stereocenters. The van der Waals surface area contributed by atoms with Crippen LogP contribution in [0, 0.1) is 17.7 Å². The van der Waals surface area contributed by atoms with Crippen molar-refractivity contribution in [2.75, 3.05) is 14.2 Å². The second kappa shape index (κ2) is 11.2. The topological polar surface area (TPSA) is 95.0 Å². The van der Waals surface area contributed by atoms with Crippen molar-refractivity contribution in [2.24, 2.45) is 11.8 Å². The Morgan fingerprint density at radius 1 is 1.12 bits per heavy atom. The fraction of sp³-hybridized carbons (Fsp3) is 0.480. The maximum atomic E-state index is 13.3. The van der Waals surface area contributed by atoms with Gasteiger partial charge in [0, 0.05) is 31.7 Å². The summed E-state index contributed by atoms with van der Waals surface area (Å²) in [5.41, 5.74) is 0.0951. The minimum absolute atomic E-state index is 0.127. The monoisotopic (exact) mass is 461 g/mol. The van der Waals surface area contributed by atoms with Gasteiger partial charge in [-0.05, 0) is 44.9 Å². The Morgan fingerprint density at radius 3 is 2.33 bits per heavy atom. The molecule has 3 atom stereocenters. The number of halogens is 1. The summed E-state index contributed by atoms with van der Waals surface area (Å²) in [5.74, 6) is -2.59. The molecule has 0 fully saturated rings. The molecule has 0 bridgehead atoms. The van der Waals surface area contributed by atoms with Gasteiger partial charge in [0.05, 0.1) is 18.6 Å². The van der Waals surface area contributed by atoms with Crippen molar-refractivity contribution in [3.63, 3.8) is 0 Å². The van der Waals surface area contributed by atoms with Crippen molar-refractivity contribution in [1.82, 2.24) is 4.98 Å². The Labute approximate surface area is 193 Å². The molecule has 180 valence electrons. The molecule has 0 saturated heterocycles. The molecule has 0 amide bonds. The number of hydrogen-bond donors (Lipinski definition) is 1. The maximum Gasteiger partial charge on any atom is 0.309 e. The molecule has 7 nitrogen and oxygen atoms in total. The van der Waals surface area contributed by atoms with Gasteiger partial charge in [0.25, 0.3) is 0 Å². The maximum absolute atomic E-state index is 13.3. The predicted octanol–water partition coefficient (Wildman–Crippen LogP) is 4.36. The van der Waals surface area contributed by atoms with Crippen molar-refractivity contribution in [3.8, 4) is 11.5 Å². The Morgan fingerprint density at radius 2 is 1.76 bits per heavy atom. The molecule has 0 aliphatic rings. The smallest absolute Gasteiger partial charge is 0.309 e. The van der Waals surface area contributed by atoms with E-state index in [1.54, 1.807) is 33.1 Å². The van der Waals surface area contributed by atoms with Gasteiger partial charge in [0.1, 0.15) is 11.9 Å². The third-order valence-electron chi connectivity index (χ3n) is 5.92. The van der Waals surface area contributed by atoms with Gasteiger partial charge in [0.15, 0.2) is 23.0 Å². The first-order valence-electron chi connectivity index (χ1n) is 10.7. The summed E-state index contributed by atoms with van der Waals surface area (Å²) < 4.78 is 29.7. The van der Waals surface area contributed by atoms with E-state index < -0.39 is 29.4 Å². The van der Waals surface area contributed by atoms with Gasteiger partial charge in [0.2, 0.25) is 0 Å². The Hall–Kier alpha value is -3.00. The van der Waals surface area contributed by atoms with Crippen LogP contribution in [0.2, 0.25) is 0 Å². The van der Waals surface area contributed by atoms with Gasteiger partial charge in [-0.1, -0.05) is 19.1 Å². The van der Waals surface area contributed by atoms with Crippen LogP contribution in [-0.2, 0) is 20.7 Å². The molecule has 1 aromatic heterocycles. The molecule has 0 aliphatic carbocycles. The molecule has 2 rings (SSSR count). The fourth-order valence-electron chi connectivity index (χ4n) is 3.65. The van der Waals surface area contributed by atoms with Crippen molar-refractivity contribution in [2.45, 2.75) is 52.2 Å². The Balaban J connectivity index is 2.10. The molecule has 1 N–H and O–H groups in total. The van der Waals surface area contributed by atoms with E-state index in [2.05, 4.69) is 4.98 Å². The normalized spacial score (nSPS) is 14.3. The third-order valence-corrected chi connectivity index (χ3v) is 5.92. The zero-order valence-corrected chi connectivity index (χ0v) is 19.9. The highest BCUT2D eigenvalue weighted by atomic mass is 19.1. The lowest BCUT2D eigenvalue weighted by molar-refractivity contribution is -0.161. The first-order valence-corrected chi connectivity index (χ1v) is 10.7. The van der Waals surface area contributed by atoms with E-state index in [-0.39, 0.29) is 35.3 Å². The van der Waals surface area contributed by atoms with Crippen LogP contribution in [0.5, 0.6) is 11.5 Å². The summed E-state index contributed by atoms with van der Waals surface area (Å²) in [6.07, 6.45) is 1.13. The van der Waals surface area contributed by atoms with E-state index in [0.29, 0.717) is 6.42 Å². The minimum Gasteiger partial charge on any atom is -0.503 e. The number of benzene rings is 1. The van der Waals surface area contributed by atoms with Gasteiger partial charge in [-0.3, -0.25) is 9.59 Å². The average Bonchev–Trinajstić information content (AvgIpc) is 2.78. The van der Waals surface area contributed by atoms with E-state index in [9.17, 15) is 19.1 Å². The number of aromatic nitrogens is 1. The first kappa shape index (κ1) is 26.3. The fourth-order valence-corrected chi connectivity index (χ4v) is 3.65. The quantitative estimate of drug-likeness (QED) is 0.392. The number of pyridine rings is 1. The Kier molecular flexibility index (Phi) is 8.93. The number of esters is 1. The molecular formula is C25H32FNO6. The van der Waals surface area contributed by atoms with Crippen LogP contribution < -0.4 is 4.74 Å². The zero-order chi connectivity index (χ0) is 24.8. The van der Waals surface area contributed by atoms with E-state index in [4.69, 9.17) is 14.2 Å². The number of carbonyl (C=O) groups is 2. The molecule has 2 aromatic rings. The van der Waals surface area contributed by atoms with Crippen LogP contribution in [-0.4, -0.2) is 47.8 Å². The molecule has 1 aromatic carbocycles. The van der Waals surface area contributed by atoms with Crippen molar-refractivity contribution in [3.05, 3.63) is 53.6 Å². The van der Waals surface area contributed by atoms with Crippen LogP contribution >= 0.6 is 0 Å². The summed E-state index contributed by atoms with van der Waals surface area (Å²) in [7, 11) is 2.95. The molecule has 0 spiro atoms. The highest BCUT2D eigenvalue weighted by Crippen LogP contribution is 2.31. The lowest BCUT2D eigenvalue weighted by Crippen LogP contribution is -2.43. The third kappa shape index (κ3) is 6.74. The van der Waals surface area contributed by atoms with E-state index in [0.717, 1.165) is 5.56 Å². The summed E-state index contributed by atoms with van der Waals surface area (Å²) in [6, 6.07) is 7.59. The molecule has 0 saturated carbocycles. The van der Waals surface area contributed by atoms with Crippen LogP contribution in [0.1, 0.15) is 50.2 Å². The average molecular weight is 462 g/mol. The Bertz CT molecular complexity index is 960. The second-order valence-electron chi connectivity index (χ2n) is 8.63. The predicted molar refractivity (Wildman–Crippen MR) is 121 cm³/mol. The van der Waals surface area contributed by atoms with Crippen molar-refractivity contribution >= 4 is 11.8 Å². The zero-order valence-electron chi connectivity index (χ0n) is 19.9. The van der Waals surface area contributed by atoms with Crippen LogP contribution in [0.3, 0.4) is 0 Å². The standard InChI is InChI=1S/C25H32FNO6/c1-15(13-20(28)22-23(29)21(31-5)11-12-27-22)24(30)33-16(2)19(25(3,4)32-6)14-17-7-9-18(26)10-8-17/h7-12,15-16,19,29H,13-14H2,1-6H3/t15-,16+,19+/m1/s1. The molecular weight excluding hydrogens is 429 g/mol. The highest BCUT2D eigenvalue weighted by Gasteiger charge is 2.37. The largest absolute Gasteiger partial charge is 0.503 e. The van der Waals surface area contributed by atoms with E-state index in [1.165, 1.54) is 31.5 Å². The SMILES string of the molecule is COc1ccnc(C(=O)C[C@@H](C)C(=O)O[C@@H](C)[C@H](Cc2ccc(F)cc2)C(C)(C)OC)c1O. The van der Waals surface area contributed by atoms with Crippen molar-refractivity contribution < 1.29 is 33.3 Å². The van der Waals surface area contributed by atoms with Gasteiger partial charge < -0.3 is 19.3 Å². The number of nitrogens with zero attached hydrogens (tertiary/aromatic N) is 1. The van der Waals surface area contributed by atoms with Gasteiger partial charge in [-0.25, -0.2) is 9.37 Å². The molecule has 33 heavy (non-hydrogen) atoms. The number of ether oxygens (including phenoxy) is 3. The van der Waals surface area contributed by atoms with Crippen molar-refractivity contribution in [1.29, 1.82) is 0 Å². The van der Waals surface area contributed by atoms with Gasteiger partial charge in [-0.2, -0.15) is 0 Å². The molecule has 8 heteroatoms. The number of rotatable bonds is 11. The number of methoxy groups -OCH3 is 2. The van der Waals surface area contributed by atoms with Crippen LogP contribution in [0.25, 0.3) is 0 Å². The van der Waals surface area contributed by atoms with E-state index in [1.807, 2.05) is 13.8 Å². The molecule has 1 heterocycles. The number of hydrogen-bond acceptors (Lipinski definition) is 7. The van der Waals surface area contributed by atoms with Gasteiger partial charge in [-0.15, -0.1) is 0 Å². The summed E-state index contributed by atoms with van der Waals surface area (Å²) in [6.45, 7) is 7.16. The molecule has 0 aliphatic heterocycles. The second-order valence-corrected chi connectivity index (χ2v) is 8.63. The summed E-state index contributed by atoms with van der Waals surface area (Å²) in [5, 5.41) is 10.1. The number of ketones is 1. The number of aromatic hydroxyl groups is 1. The number of carbonyl (C=O) groups excluding carboxylic acids is 2.